The summed E-state index contributed by atoms with van der Waals surface area (Å²) in [6, 6.07) is 7.52. The molecule has 1 N–H and O–H groups in total. The minimum Gasteiger partial charge on any atom is -0.347 e. The highest BCUT2D eigenvalue weighted by Crippen LogP contribution is 2.14. The third-order valence-corrected chi connectivity index (χ3v) is 3.88. The summed E-state index contributed by atoms with van der Waals surface area (Å²) in [6.45, 7) is 2.43. The molecule has 21 heavy (non-hydrogen) atoms. The lowest BCUT2D eigenvalue weighted by molar-refractivity contribution is 0.0955. The largest absolute Gasteiger partial charge is 0.347 e. The second-order valence-electron chi connectivity index (χ2n) is 4.46. The lowest BCUT2D eigenvalue weighted by Gasteiger charge is -2.05. The summed E-state index contributed by atoms with van der Waals surface area (Å²) in [6.07, 6.45) is 4.76. The second-order valence-corrected chi connectivity index (χ2v) is 5.75. The smallest absolute Gasteiger partial charge is 0.261 e. The number of nitrogens with zero attached hydrogens (tertiary/aromatic N) is 4. The molecule has 0 unspecified atom stereocenters. The monoisotopic (exact) mass is 299 g/mol. The molecule has 3 heterocycles. The number of pyridine rings is 1. The van der Waals surface area contributed by atoms with Crippen LogP contribution in [0.4, 0.5) is 0 Å². The molecule has 6 nitrogen and oxygen atoms in total. The Morgan fingerprint density at radius 1 is 1.33 bits per heavy atom. The van der Waals surface area contributed by atoms with E-state index in [1.54, 1.807) is 17.2 Å². The number of carbonyl (C=O) groups excluding carboxylic acids is 1. The number of hydrogen-bond donors (Lipinski definition) is 1. The number of amides is 1. The van der Waals surface area contributed by atoms with E-state index in [1.807, 2.05) is 31.2 Å². The van der Waals surface area contributed by atoms with Crippen molar-refractivity contribution in [1.82, 2.24) is 25.1 Å². The van der Waals surface area contributed by atoms with Crippen molar-refractivity contribution in [3.63, 3.8) is 0 Å². The van der Waals surface area contributed by atoms with Crippen LogP contribution in [0.5, 0.6) is 0 Å². The van der Waals surface area contributed by atoms with Gasteiger partial charge in [-0.15, -0.1) is 11.3 Å². The fraction of sp³-hybridized carbons (Fsp3) is 0.143. The van der Waals surface area contributed by atoms with Gasteiger partial charge in [-0.25, -0.2) is 14.6 Å². The Balaban J connectivity index is 1.62. The van der Waals surface area contributed by atoms with Gasteiger partial charge in [0.05, 0.1) is 4.88 Å². The first-order chi connectivity index (χ1) is 10.2. The van der Waals surface area contributed by atoms with Crippen molar-refractivity contribution in [3.8, 4) is 5.82 Å². The molecule has 0 saturated heterocycles. The first-order valence-electron chi connectivity index (χ1n) is 6.37. The van der Waals surface area contributed by atoms with Crippen molar-refractivity contribution in [2.45, 2.75) is 13.5 Å². The van der Waals surface area contributed by atoms with E-state index in [0.717, 1.165) is 15.3 Å². The Morgan fingerprint density at radius 2 is 2.24 bits per heavy atom. The molecule has 0 aliphatic heterocycles. The summed E-state index contributed by atoms with van der Waals surface area (Å²) in [4.78, 5) is 21.9. The maximum absolute atomic E-state index is 11.9. The van der Waals surface area contributed by atoms with Crippen molar-refractivity contribution in [2.75, 3.05) is 0 Å². The number of aromatic nitrogens is 4. The highest BCUT2D eigenvalue weighted by molar-refractivity contribution is 7.13. The van der Waals surface area contributed by atoms with E-state index >= 15 is 0 Å². The van der Waals surface area contributed by atoms with Crippen LogP contribution in [0.15, 0.2) is 43.1 Å². The van der Waals surface area contributed by atoms with Gasteiger partial charge in [-0.05, 0) is 30.7 Å². The SMILES string of the molecule is Cc1ccc(C(=O)NCc2ccc(-n3cncn3)nc2)s1. The van der Waals surface area contributed by atoms with Crippen molar-refractivity contribution in [1.29, 1.82) is 0 Å². The van der Waals surface area contributed by atoms with E-state index in [2.05, 4.69) is 20.4 Å². The van der Waals surface area contributed by atoms with Gasteiger partial charge in [0.15, 0.2) is 5.82 Å². The predicted molar refractivity (Wildman–Crippen MR) is 79.4 cm³/mol. The van der Waals surface area contributed by atoms with E-state index < -0.39 is 0 Å². The van der Waals surface area contributed by atoms with Crippen LogP contribution in [0, 0.1) is 6.92 Å². The molecule has 0 radical (unpaired) electrons. The molecular weight excluding hydrogens is 286 g/mol. The lowest BCUT2D eigenvalue weighted by Crippen LogP contribution is -2.21. The van der Waals surface area contributed by atoms with Gasteiger partial charge in [0.1, 0.15) is 12.7 Å². The molecule has 0 fully saturated rings. The van der Waals surface area contributed by atoms with Crippen molar-refractivity contribution in [2.24, 2.45) is 0 Å². The van der Waals surface area contributed by atoms with E-state index in [-0.39, 0.29) is 5.91 Å². The van der Waals surface area contributed by atoms with Crippen molar-refractivity contribution in [3.05, 3.63) is 58.4 Å². The standard InChI is InChI=1S/C14H13N5OS/c1-10-2-4-12(21-10)14(20)17-7-11-3-5-13(16-6-11)19-9-15-8-18-19/h2-6,8-9H,7H2,1H3,(H,17,20). The number of nitrogens with one attached hydrogen (secondary N) is 1. The van der Waals surface area contributed by atoms with Crippen LogP contribution >= 0.6 is 11.3 Å². The summed E-state index contributed by atoms with van der Waals surface area (Å²) >= 11 is 1.49. The van der Waals surface area contributed by atoms with Gasteiger partial charge >= 0.3 is 0 Å². The second kappa shape index (κ2) is 5.84. The van der Waals surface area contributed by atoms with Gasteiger partial charge in [0.25, 0.3) is 5.91 Å². The predicted octanol–water partition coefficient (Wildman–Crippen LogP) is 1.96. The molecule has 0 bridgehead atoms. The van der Waals surface area contributed by atoms with Crippen LogP contribution in [0.1, 0.15) is 20.1 Å². The highest BCUT2D eigenvalue weighted by atomic mass is 32.1. The number of aryl methyl sites for hydroxylation is 1. The summed E-state index contributed by atoms with van der Waals surface area (Å²) < 4.78 is 1.58. The first-order valence-corrected chi connectivity index (χ1v) is 7.18. The fourth-order valence-electron chi connectivity index (χ4n) is 1.81. The van der Waals surface area contributed by atoms with Gasteiger partial charge in [-0.2, -0.15) is 5.10 Å². The number of carbonyl (C=O) groups is 1. The number of thiophene rings is 1. The normalized spacial score (nSPS) is 10.5. The zero-order valence-electron chi connectivity index (χ0n) is 11.4. The highest BCUT2D eigenvalue weighted by Gasteiger charge is 2.07. The maximum Gasteiger partial charge on any atom is 0.261 e. The Bertz CT molecular complexity index is 733. The van der Waals surface area contributed by atoms with Gasteiger partial charge in [-0.3, -0.25) is 4.79 Å². The Hall–Kier alpha value is -2.54. The third-order valence-electron chi connectivity index (χ3n) is 2.88. The third kappa shape index (κ3) is 3.14. The average Bonchev–Trinajstić information content (AvgIpc) is 3.16. The number of rotatable bonds is 4. The molecule has 0 saturated carbocycles. The van der Waals surface area contributed by atoms with Crippen molar-refractivity contribution >= 4 is 17.2 Å². The molecule has 106 valence electrons. The molecule has 3 rings (SSSR count). The Kier molecular flexibility index (Phi) is 3.74. The van der Waals surface area contributed by atoms with Crippen LogP contribution in [0.3, 0.4) is 0 Å². The topological polar surface area (TPSA) is 72.7 Å². The zero-order chi connectivity index (χ0) is 14.7. The van der Waals surface area contributed by atoms with Crippen LogP contribution in [0.25, 0.3) is 5.82 Å². The molecule has 3 aromatic rings. The molecule has 0 spiro atoms. The van der Waals surface area contributed by atoms with Gasteiger partial charge in [0.2, 0.25) is 0 Å². The average molecular weight is 299 g/mol. The van der Waals surface area contributed by atoms with Crippen LogP contribution in [0.2, 0.25) is 0 Å². The summed E-state index contributed by atoms with van der Waals surface area (Å²) in [7, 11) is 0. The molecule has 0 aliphatic carbocycles. The van der Waals surface area contributed by atoms with Gasteiger partial charge in [0, 0.05) is 17.6 Å². The van der Waals surface area contributed by atoms with E-state index in [9.17, 15) is 4.79 Å². The zero-order valence-corrected chi connectivity index (χ0v) is 12.2. The lowest BCUT2D eigenvalue weighted by atomic mass is 10.3. The molecule has 0 aliphatic rings. The summed E-state index contributed by atoms with van der Waals surface area (Å²) in [5.74, 6) is 0.630. The maximum atomic E-state index is 11.9. The van der Waals surface area contributed by atoms with Crippen LogP contribution in [-0.2, 0) is 6.54 Å². The molecule has 7 heteroatoms. The van der Waals surface area contributed by atoms with Crippen LogP contribution < -0.4 is 5.32 Å². The molecular formula is C14H13N5OS. The molecule has 0 atom stereocenters. The quantitative estimate of drug-likeness (QED) is 0.799. The molecule has 3 aromatic heterocycles. The fourth-order valence-corrected chi connectivity index (χ4v) is 2.59. The molecule has 1 amide bonds. The minimum atomic E-state index is -0.0616. The Morgan fingerprint density at radius 3 is 2.86 bits per heavy atom. The number of hydrogen-bond acceptors (Lipinski definition) is 5. The van der Waals surface area contributed by atoms with Crippen LogP contribution in [-0.4, -0.2) is 25.7 Å². The van der Waals surface area contributed by atoms with Gasteiger partial charge in [-0.1, -0.05) is 6.07 Å². The van der Waals surface area contributed by atoms with E-state index in [0.29, 0.717) is 12.4 Å². The van der Waals surface area contributed by atoms with E-state index in [1.165, 1.54) is 17.7 Å². The summed E-state index contributed by atoms with van der Waals surface area (Å²) in [5.41, 5.74) is 0.931. The molecule has 0 aromatic carbocycles. The minimum absolute atomic E-state index is 0.0616. The van der Waals surface area contributed by atoms with E-state index in [4.69, 9.17) is 0 Å². The van der Waals surface area contributed by atoms with Gasteiger partial charge < -0.3 is 5.32 Å². The van der Waals surface area contributed by atoms with Crippen molar-refractivity contribution < 1.29 is 4.79 Å². The Labute approximate surface area is 125 Å². The summed E-state index contributed by atoms with van der Waals surface area (Å²) in [5, 5.41) is 6.89. The first kappa shape index (κ1) is 13.4.